The summed E-state index contributed by atoms with van der Waals surface area (Å²) in [5, 5.41) is 0. The summed E-state index contributed by atoms with van der Waals surface area (Å²) in [6.07, 6.45) is 6.23. The second-order valence-corrected chi connectivity index (χ2v) is 8.42. The van der Waals surface area contributed by atoms with E-state index in [1.807, 2.05) is 27.8 Å². The molecule has 0 N–H and O–H groups in total. The molecule has 32 heavy (non-hydrogen) atoms. The van der Waals surface area contributed by atoms with Crippen molar-refractivity contribution in [1.29, 1.82) is 0 Å². The minimum Gasteiger partial charge on any atom is -0.497 e. The number of piperidine rings is 1. The molecule has 172 valence electrons. The molecule has 2 aromatic rings. The molecule has 8 heteroatoms. The lowest BCUT2D eigenvalue weighted by Crippen LogP contribution is -2.38. The van der Waals surface area contributed by atoms with Crippen molar-refractivity contribution in [2.45, 2.75) is 44.2 Å². The van der Waals surface area contributed by atoms with Gasteiger partial charge in [-0.15, -0.1) is 0 Å². The van der Waals surface area contributed by atoms with Crippen LogP contribution in [-0.2, 0) is 21.0 Å². The Labute approximate surface area is 188 Å². The summed E-state index contributed by atoms with van der Waals surface area (Å²) in [7, 11) is 3.26. The Balaban J connectivity index is 1.32. The van der Waals surface area contributed by atoms with E-state index in [9.17, 15) is 9.59 Å². The lowest BCUT2D eigenvalue weighted by molar-refractivity contribution is -0.132. The number of imidazole rings is 1. The topological polar surface area (TPSA) is 82.9 Å². The first-order chi connectivity index (χ1) is 15.6. The van der Waals surface area contributed by atoms with E-state index < -0.39 is 0 Å². The third-order valence-electron chi connectivity index (χ3n) is 6.47. The molecule has 1 fully saturated rings. The van der Waals surface area contributed by atoms with Crippen LogP contribution in [0.1, 0.15) is 59.3 Å². The van der Waals surface area contributed by atoms with E-state index in [1.165, 1.54) is 0 Å². The third-order valence-corrected chi connectivity index (χ3v) is 6.47. The molecule has 0 saturated carbocycles. The van der Waals surface area contributed by atoms with Crippen LogP contribution in [0.4, 0.5) is 0 Å². The highest BCUT2D eigenvalue weighted by Gasteiger charge is 2.33. The van der Waals surface area contributed by atoms with Gasteiger partial charge in [-0.05, 0) is 36.6 Å². The molecule has 1 unspecified atom stereocenters. The van der Waals surface area contributed by atoms with Crippen LogP contribution in [0.25, 0.3) is 0 Å². The first-order valence-electron chi connectivity index (χ1n) is 11.2. The van der Waals surface area contributed by atoms with Crippen LogP contribution in [0.2, 0.25) is 0 Å². The molecule has 1 aromatic carbocycles. The number of amides is 1. The lowest BCUT2D eigenvalue weighted by atomic mass is 9.93. The van der Waals surface area contributed by atoms with Crippen molar-refractivity contribution in [2.75, 3.05) is 40.5 Å². The number of fused-ring (bicyclic) bond motifs is 1. The maximum Gasteiger partial charge on any atom is 0.223 e. The number of ether oxygens (including phenoxy) is 3. The van der Waals surface area contributed by atoms with Crippen molar-refractivity contribution < 1.29 is 23.8 Å². The average Bonchev–Trinajstić information content (AvgIpc) is 3.41. The molecule has 1 aromatic heterocycles. The summed E-state index contributed by atoms with van der Waals surface area (Å²) in [4.78, 5) is 31.9. The van der Waals surface area contributed by atoms with E-state index in [0.29, 0.717) is 51.8 Å². The summed E-state index contributed by atoms with van der Waals surface area (Å²) in [5.74, 6) is 2.19. The van der Waals surface area contributed by atoms with Crippen molar-refractivity contribution in [3.8, 4) is 5.75 Å². The van der Waals surface area contributed by atoms with Crippen LogP contribution in [0.5, 0.6) is 5.75 Å². The number of likely N-dealkylation sites (tertiary alicyclic amines) is 1. The van der Waals surface area contributed by atoms with Crippen LogP contribution >= 0.6 is 0 Å². The molecule has 1 atom stereocenters. The maximum absolute atomic E-state index is 13.0. The van der Waals surface area contributed by atoms with E-state index in [-0.39, 0.29) is 17.6 Å². The summed E-state index contributed by atoms with van der Waals surface area (Å²) in [5.41, 5.74) is 1.66. The fraction of sp³-hybridized carbons (Fsp3) is 0.542. The van der Waals surface area contributed by atoms with Gasteiger partial charge in [0.25, 0.3) is 0 Å². The first-order valence-corrected chi connectivity index (χ1v) is 11.2. The number of benzene rings is 1. The van der Waals surface area contributed by atoms with Gasteiger partial charge < -0.3 is 23.7 Å². The van der Waals surface area contributed by atoms with Gasteiger partial charge in [-0.2, -0.15) is 0 Å². The SMILES string of the molecule is COCCOCn1ccnc1C1CCN(C(=O)CC2CC(=O)c3ccc(OC)cc32)CC1. The van der Waals surface area contributed by atoms with Crippen molar-refractivity contribution in [3.63, 3.8) is 0 Å². The first kappa shape index (κ1) is 22.5. The standard InChI is InChI=1S/C24H31N3O5/c1-30-11-12-32-16-27-10-7-25-24(27)17-5-8-26(9-6-17)23(29)14-18-13-22(28)20-4-3-19(31-2)15-21(18)20/h3-4,7,10,15,17-18H,5-6,8-9,11-14,16H2,1-2H3. The van der Waals surface area contributed by atoms with Crippen molar-refractivity contribution in [1.82, 2.24) is 14.5 Å². The fourth-order valence-electron chi connectivity index (χ4n) is 4.71. The van der Waals surface area contributed by atoms with Gasteiger partial charge in [-0.25, -0.2) is 4.98 Å². The third kappa shape index (κ3) is 4.86. The Bertz CT molecular complexity index is 949. The fourth-order valence-corrected chi connectivity index (χ4v) is 4.71. The monoisotopic (exact) mass is 441 g/mol. The normalized spacial score (nSPS) is 18.8. The van der Waals surface area contributed by atoms with Gasteiger partial charge in [-0.3, -0.25) is 9.59 Å². The molecule has 0 bridgehead atoms. The van der Waals surface area contributed by atoms with E-state index in [1.54, 1.807) is 26.5 Å². The quantitative estimate of drug-likeness (QED) is 0.557. The highest BCUT2D eigenvalue weighted by Crippen LogP contribution is 2.38. The molecule has 0 spiro atoms. The minimum absolute atomic E-state index is 0.0685. The van der Waals surface area contributed by atoms with Gasteiger partial charge in [0, 0.05) is 62.8 Å². The molecule has 1 aliphatic carbocycles. The molecule has 1 amide bonds. The summed E-state index contributed by atoms with van der Waals surface area (Å²) in [6, 6.07) is 5.52. The van der Waals surface area contributed by atoms with Crippen LogP contribution < -0.4 is 4.74 Å². The second-order valence-electron chi connectivity index (χ2n) is 8.42. The van der Waals surface area contributed by atoms with E-state index >= 15 is 0 Å². The Hall–Kier alpha value is -2.71. The van der Waals surface area contributed by atoms with Gasteiger partial charge in [0.1, 0.15) is 18.3 Å². The number of ketones is 1. The highest BCUT2D eigenvalue weighted by atomic mass is 16.5. The zero-order valence-corrected chi connectivity index (χ0v) is 18.8. The number of methoxy groups -OCH3 is 2. The largest absolute Gasteiger partial charge is 0.497 e. The van der Waals surface area contributed by atoms with Crippen molar-refractivity contribution >= 4 is 11.7 Å². The number of carbonyl (C=O) groups excluding carboxylic acids is 2. The molecule has 2 aliphatic rings. The summed E-state index contributed by atoms with van der Waals surface area (Å²) >= 11 is 0. The maximum atomic E-state index is 13.0. The average molecular weight is 442 g/mol. The molecule has 0 radical (unpaired) electrons. The Morgan fingerprint density at radius 1 is 1.19 bits per heavy atom. The van der Waals surface area contributed by atoms with Gasteiger partial charge >= 0.3 is 0 Å². The Morgan fingerprint density at radius 3 is 2.75 bits per heavy atom. The van der Waals surface area contributed by atoms with Gasteiger partial charge in [-0.1, -0.05) is 0 Å². The summed E-state index contributed by atoms with van der Waals surface area (Å²) < 4.78 is 18.0. The van der Waals surface area contributed by atoms with E-state index in [4.69, 9.17) is 14.2 Å². The van der Waals surface area contributed by atoms with Crippen LogP contribution in [-0.4, -0.2) is 66.7 Å². The number of nitrogens with zero attached hydrogens (tertiary/aromatic N) is 3. The van der Waals surface area contributed by atoms with Gasteiger partial charge in [0.05, 0.1) is 20.3 Å². The van der Waals surface area contributed by atoms with E-state index in [2.05, 4.69) is 4.98 Å². The van der Waals surface area contributed by atoms with Gasteiger partial charge in [0.15, 0.2) is 5.78 Å². The van der Waals surface area contributed by atoms with Crippen LogP contribution in [0.15, 0.2) is 30.6 Å². The number of Topliss-reactive ketones (excluding diaryl/α,β-unsaturated/α-hetero) is 1. The number of carbonyl (C=O) groups is 2. The molecule has 4 rings (SSSR count). The molecular weight excluding hydrogens is 410 g/mol. The predicted octanol–water partition coefficient (Wildman–Crippen LogP) is 2.98. The minimum atomic E-state index is -0.0685. The van der Waals surface area contributed by atoms with E-state index in [0.717, 1.165) is 35.5 Å². The smallest absolute Gasteiger partial charge is 0.223 e. The zero-order valence-electron chi connectivity index (χ0n) is 18.8. The number of aromatic nitrogens is 2. The summed E-state index contributed by atoms with van der Waals surface area (Å²) in [6.45, 7) is 2.96. The van der Waals surface area contributed by atoms with Crippen molar-refractivity contribution in [2.24, 2.45) is 0 Å². The molecule has 8 nitrogen and oxygen atoms in total. The highest BCUT2D eigenvalue weighted by molar-refractivity contribution is 6.02. The predicted molar refractivity (Wildman–Crippen MR) is 118 cm³/mol. The lowest BCUT2D eigenvalue weighted by Gasteiger charge is -2.32. The second kappa shape index (κ2) is 10.3. The molecule has 1 saturated heterocycles. The Kier molecular flexibility index (Phi) is 7.22. The molecule has 2 heterocycles. The van der Waals surface area contributed by atoms with Crippen molar-refractivity contribution in [3.05, 3.63) is 47.5 Å². The van der Waals surface area contributed by atoms with Crippen LogP contribution in [0.3, 0.4) is 0 Å². The number of hydrogen-bond acceptors (Lipinski definition) is 6. The zero-order chi connectivity index (χ0) is 22.5. The number of hydrogen-bond donors (Lipinski definition) is 0. The van der Waals surface area contributed by atoms with Crippen LogP contribution in [0, 0.1) is 0 Å². The molecular formula is C24H31N3O5. The van der Waals surface area contributed by atoms with Gasteiger partial charge in [0.2, 0.25) is 5.91 Å². The number of rotatable bonds is 9. The Morgan fingerprint density at radius 2 is 2.00 bits per heavy atom. The molecule has 1 aliphatic heterocycles.